The van der Waals surface area contributed by atoms with Crippen molar-refractivity contribution in [2.75, 3.05) is 5.73 Å². The lowest BCUT2D eigenvalue weighted by molar-refractivity contribution is -0.385. The van der Waals surface area contributed by atoms with E-state index in [4.69, 9.17) is 5.73 Å². The van der Waals surface area contributed by atoms with Crippen LogP contribution in [-0.2, 0) is 0 Å². The van der Waals surface area contributed by atoms with Gasteiger partial charge in [-0.3, -0.25) is 10.1 Å². The second kappa shape index (κ2) is 4.09. The topological polar surface area (TPSA) is 102 Å². The summed E-state index contributed by atoms with van der Waals surface area (Å²) in [6, 6.07) is 7.74. The molecule has 0 radical (unpaired) electrons. The average Bonchev–Trinajstić information content (AvgIpc) is 2.30. The minimum atomic E-state index is -0.560. The van der Waals surface area contributed by atoms with Crippen molar-refractivity contribution in [3.05, 3.63) is 46.6 Å². The molecule has 0 unspecified atom stereocenters. The van der Waals surface area contributed by atoms with E-state index in [1.54, 1.807) is 18.2 Å². The molecule has 0 spiro atoms. The molecule has 1 heterocycles. The van der Waals surface area contributed by atoms with Crippen molar-refractivity contribution >= 4 is 11.5 Å². The summed E-state index contributed by atoms with van der Waals surface area (Å²) in [5, 5.41) is 20.3. The molecule has 6 heteroatoms. The number of rotatable bonds is 2. The molecule has 0 saturated carbocycles. The molecule has 0 fully saturated rings. The molecule has 2 rings (SSSR count). The Morgan fingerprint density at radius 2 is 2.00 bits per heavy atom. The summed E-state index contributed by atoms with van der Waals surface area (Å²) in [6.07, 6.45) is 1.08. The third-order valence-electron chi connectivity index (χ3n) is 2.31. The zero-order chi connectivity index (χ0) is 12.4. The van der Waals surface area contributed by atoms with Gasteiger partial charge in [0, 0.05) is 17.2 Å². The van der Waals surface area contributed by atoms with Gasteiger partial charge in [-0.05, 0) is 6.07 Å². The zero-order valence-corrected chi connectivity index (χ0v) is 8.70. The summed E-state index contributed by atoms with van der Waals surface area (Å²) in [4.78, 5) is 13.8. The maximum absolute atomic E-state index is 10.6. The van der Waals surface area contributed by atoms with Crippen LogP contribution in [0.4, 0.5) is 11.5 Å². The van der Waals surface area contributed by atoms with Gasteiger partial charge in [0.25, 0.3) is 5.69 Å². The molecule has 6 nitrogen and oxygen atoms in total. The number of phenols is 1. The predicted octanol–water partition coefficient (Wildman–Crippen LogP) is 1.94. The SMILES string of the molecule is Nc1ncc([N+](=O)[O-])cc1-c1ccccc1O. The van der Waals surface area contributed by atoms with E-state index in [1.807, 2.05) is 0 Å². The van der Waals surface area contributed by atoms with E-state index in [-0.39, 0.29) is 17.3 Å². The normalized spacial score (nSPS) is 10.1. The van der Waals surface area contributed by atoms with Crippen LogP contribution in [0.25, 0.3) is 11.1 Å². The van der Waals surface area contributed by atoms with Crippen LogP contribution in [-0.4, -0.2) is 15.0 Å². The van der Waals surface area contributed by atoms with Gasteiger partial charge >= 0.3 is 0 Å². The van der Waals surface area contributed by atoms with Crippen molar-refractivity contribution in [1.82, 2.24) is 4.98 Å². The minimum Gasteiger partial charge on any atom is -0.507 e. The average molecular weight is 231 g/mol. The molecule has 3 N–H and O–H groups in total. The second-order valence-corrected chi connectivity index (χ2v) is 3.40. The van der Waals surface area contributed by atoms with E-state index in [0.717, 1.165) is 6.20 Å². The van der Waals surface area contributed by atoms with Crippen LogP contribution in [0.5, 0.6) is 5.75 Å². The van der Waals surface area contributed by atoms with Gasteiger partial charge in [0.15, 0.2) is 0 Å². The molecular formula is C11H9N3O3. The summed E-state index contributed by atoms with van der Waals surface area (Å²) in [5.74, 6) is 0.138. The Labute approximate surface area is 96.5 Å². The standard InChI is InChI=1S/C11H9N3O3/c12-11-9(5-7(6-13-11)14(16)17)8-3-1-2-4-10(8)15/h1-6,15H,(H2,12,13). The number of nitro groups is 1. The molecular weight excluding hydrogens is 222 g/mol. The van der Waals surface area contributed by atoms with Crippen molar-refractivity contribution < 1.29 is 10.0 Å². The minimum absolute atomic E-state index is 0.00139. The van der Waals surface area contributed by atoms with E-state index in [9.17, 15) is 15.2 Å². The third-order valence-corrected chi connectivity index (χ3v) is 2.31. The third kappa shape index (κ3) is 2.00. The highest BCUT2D eigenvalue weighted by Gasteiger charge is 2.14. The summed E-state index contributed by atoms with van der Waals surface area (Å²) >= 11 is 0. The first-order valence-electron chi connectivity index (χ1n) is 4.78. The van der Waals surface area contributed by atoms with Crippen LogP contribution in [0.15, 0.2) is 36.5 Å². The van der Waals surface area contributed by atoms with Crippen molar-refractivity contribution in [3.8, 4) is 16.9 Å². The fourth-order valence-electron chi connectivity index (χ4n) is 1.48. The molecule has 0 atom stereocenters. The van der Waals surface area contributed by atoms with E-state index < -0.39 is 4.92 Å². The summed E-state index contributed by atoms with van der Waals surface area (Å²) in [6.45, 7) is 0. The van der Waals surface area contributed by atoms with Gasteiger partial charge in [-0.1, -0.05) is 18.2 Å². The van der Waals surface area contributed by atoms with Gasteiger partial charge < -0.3 is 10.8 Å². The van der Waals surface area contributed by atoms with E-state index in [1.165, 1.54) is 12.1 Å². The highest BCUT2D eigenvalue weighted by atomic mass is 16.6. The first kappa shape index (κ1) is 10.9. The molecule has 17 heavy (non-hydrogen) atoms. The molecule has 1 aromatic heterocycles. The summed E-state index contributed by atoms with van der Waals surface area (Å²) in [5.41, 5.74) is 6.24. The lowest BCUT2D eigenvalue weighted by Gasteiger charge is -2.06. The fourth-order valence-corrected chi connectivity index (χ4v) is 1.48. The predicted molar refractivity (Wildman–Crippen MR) is 62.4 cm³/mol. The van der Waals surface area contributed by atoms with Crippen molar-refractivity contribution in [3.63, 3.8) is 0 Å². The molecule has 1 aromatic carbocycles. The van der Waals surface area contributed by atoms with Crippen LogP contribution in [0.1, 0.15) is 0 Å². The fraction of sp³-hybridized carbons (Fsp3) is 0. The van der Waals surface area contributed by atoms with Crippen molar-refractivity contribution in [2.45, 2.75) is 0 Å². The first-order chi connectivity index (χ1) is 8.09. The lowest BCUT2D eigenvalue weighted by atomic mass is 10.1. The van der Waals surface area contributed by atoms with Crippen LogP contribution in [0.3, 0.4) is 0 Å². The molecule has 0 saturated heterocycles. The Bertz CT molecular complexity index is 584. The molecule has 86 valence electrons. The first-order valence-corrected chi connectivity index (χ1v) is 4.78. The van der Waals surface area contributed by atoms with Crippen LogP contribution in [0.2, 0.25) is 0 Å². The quantitative estimate of drug-likeness (QED) is 0.607. The van der Waals surface area contributed by atoms with Crippen LogP contribution >= 0.6 is 0 Å². The number of hydrogen-bond acceptors (Lipinski definition) is 5. The highest BCUT2D eigenvalue weighted by molar-refractivity contribution is 5.79. The number of aromatic hydroxyl groups is 1. The number of hydrogen-bond donors (Lipinski definition) is 2. The van der Waals surface area contributed by atoms with E-state index in [0.29, 0.717) is 11.1 Å². The maximum Gasteiger partial charge on any atom is 0.288 e. The lowest BCUT2D eigenvalue weighted by Crippen LogP contribution is -1.97. The number of pyridine rings is 1. The van der Waals surface area contributed by atoms with E-state index >= 15 is 0 Å². The largest absolute Gasteiger partial charge is 0.507 e. The number of para-hydroxylation sites is 1. The monoisotopic (exact) mass is 231 g/mol. The molecule has 0 aliphatic heterocycles. The zero-order valence-electron chi connectivity index (χ0n) is 8.70. The Hall–Kier alpha value is -2.63. The Kier molecular flexibility index (Phi) is 2.61. The van der Waals surface area contributed by atoms with Gasteiger partial charge in [-0.15, -0.1) is 0 Å². The summed E-state index contributed by atoms with van der Waals surface area (Å²) < 4.78 is 0. The van der Waals surface area contributed by atoms with Crippen LogP contribution < -0.4 is 5.73 Å². The number of nitrogens with zero attached hydrogens (tertiary/aromatic N) is 2. The smallest absolute Gasteiger partial charge is 0.288 e. The number of benzene rings is 1. The maximum atomic E-state index is 10.6. The second-order valence-electron chi connectivity index (χ2n) is 3.40. The van der Waals surface area contributed by atoms with Gasteiger partial charge in [0.2, 0.25) is 0 Å². The van der Waals surface area contributed by atoms with Crippen molar-refractivity contribution in [1.29, 1.82) is 0 Å². The van der Waals surface area contributed by atoms with Crippen LogP contribution in [0, 0.1) is 10.1 Å². The number of phenolic OH excluding ortho intramolecular Hbond substituents is 1. The number of aromatic nitrogens is 1. The molecule has 2 aromatic rings. The number of nitrogens with two attached hydrogens (primary N) is 1. The number of anilines is 1. The van der Waals surface area contributed by atoms with Gasteiger partial charge in [-0.2, -0.15) is 0 Å². The molecule has 0 aliphatic carbocycles. The Morgan fingerprint density at radius 1 is 1.29 bits per heavy atom. The Morgan fingerprint density at radius 3 is 2.65 bits per heavy atom. The Balaban J connectivity index is 2.63. The summed E-state index contributed by atoms with van der Waals surface area (Å²) in [7, 11) is 0. The van der Waals surface area contributed by atoms with Crippen molar-refractivity contribution in [2.24, 2.45) is 0 Å². The van der Waals surface area contributed by atoms with Gasteiger partial charge in [0.1, 0.15) is 17.8 Å². The van der Waals surface area contributed by atoms with Gasteiger partial charge in [0.05, 0.1) is 4.92 Å². The highest BCUT2D eigenvalue weighted by Crippen LogP contribution is 2.33. The number of nitrogen functional groups attached to an aromatic ring is 1. The molecule has 0 bridgehead atoms. The van der Waals surface area contributed by atoms with Gasteiger partial charge in [-0.25, -0.2) is 4.98 Å². The molecule has 0 amide bonds. The van der Waals surface area contributed by atoms with E-state index in [2.05, 4.69) is 4.98 Å². The molecule has 0 aliphatic rings.